The van der Waals surface area contributed by atoms with Crippen molar-refractivity contribution < 1.29 is 9.84 Å². The van der Waals surface area contributed by atoms with Crippen molar-refractivity contribution in [1.82, 2.24) is 9.78 Å². The summed E-state index contributed by atoms with van der Waals surface area (Å²) < 4.78 is 7.09. The number of rotatable bonds is 3. The molecule has 14 heavy (non-hydrogen) atoms. The van der Waals surface area contributed by atoms with Crippen molar-refractivity contribution in [3.05, 3.63) is 12.4 Å². The van der Waals surface area contributed by atoms with Gasteiger partial charge in [-0.3, -0.25) is 4.68 Å². The van der Waals surface area contributed by atoms with Gasteiger partial charge in [0.05, 0.1) is 12.4 Å². The van der Waals surface area contributed by atoms with Crippen LogP contribution >= 0.6 is 0 Å². The van der Waals surface area contributed by atoms with E-state index >= 15 is 0 Å². The van der Waals surface area contributed by atoms with Crippen LogP contribution in [0.4, 0.5) is 0 Å². The second kappa shape index (κ2) is 4.46. The summed E-state index contributed by atoms with van der Waals surface area (Å²) >= 11 is 0. The fraction of sp³-hybridized carbons (Fsp3) is 0.700. The molecular weight excluding hydrogens is 180 g/mol. The lowest BCUT2D eigenvalue weighted by atomic mass is 9.97. The van der Waals surface area contributed by atoms with Gasteiger partial charge in [0.1, 0.15) is 0 Å². The largest absolute Gasteiger partial charge is 0.505 e. The first-order valence-corrected chi connectivity index (χ1v) is 5.14. The molecule has 1 N–H and O–H groups in total. The second-order valence-electron chi connectivity index (χ2n) is 3.81. The Morgan fingerprint density at radius 3 is 2.93 bits per heavy atom. The number of hydrogen-bond acceptors (Lipinski definition) is 3. The van der Waals surface area contributed by atoms with Crippen LogP contribution in [-0.2, 0) is 11.3 Å². The van der Waals surface area contributed by atoms with Crippen molar-refractivity contribution in [2.24, 2.45) is 5.92 Å². The van der Waals surface area contributed by atoms with E-state index in [1.807, 2.05) is 0 Å². The van der Waals surface area contributed by atoms with Gasteiger partial charge in [-0.2, -0.15) is 5.10 Å². The standard InChI is InChI=1S/C10H16N2O2/c13-10-7-11-12(8-10)4-1-9-2-5-14-6-3-9/h7-9,13H,1-6H2. The van der Waals surface area contributed by atoms with Crippen molar-refractivity contribution >= 4 is 0 Å². The molecule has 4 heteroatoms. The molecule has 0 radical (unpaired) electrons. The number of aromatic hydroxyl groups is 1. The van der Waals surface area contributed by atoms with Gasteiger partial charge in [0.15, 0.2) is 5.75 Å². The monoisotopic (exact) mass is 196 g/mol. The predicted molar refractivity (Wildman–Crippen MR) is 52.1 cm³/mol. The van der Waals surface area contributed by atoms with Gasteiger partial charge in [-0.05, 0) is 25.2 Å². The summed E-state index contributed by atoms with van der Waals surface area (Å²) in [4.78, 5) is 0. The number of aryl methyl sites for hydroxylation is 1. The molecule has 4 nitrogen and oxygen atoms in total. The van der Waals surface area contributed by atoms with Gasteiger partial charge in [0.2, 0.25) is 0 Å². The Labute approximate surface area is 83.5 Å². The summed E-state index contributed by atoms with van der Waals surface area (Å²) in [6, 6.07) is 0. The SMILES string of the molecule is Oc1cnn(CCC2CCOCC2)c1. The average molecular weight is 196 g/mol. The average Bonchev–Trinajstić information content (AvgIpc) is 2.63. The lowest BCUT2D eigenvalue weighted by Gasteiger charge is -2.21. The first-order chi connectivity index (χ1) is 6.84. The highest BCUT2D eigenvalue weighted by atomic mass is 16.5. The van der Waals surface area contributed by atoms with Crippen molar-refractivity contribution in [2.75, 3.05) is 13.2 Å². The minimum Gasteiger partial charge on any atom is -0.505 e. The molecule has 0 aromatic carbocycles. The molecule has 1 aromatic heterocycles. The van der Waals surface area contributed by atoms with E-state index in [1.54, 1.807) is 10.9 Å². The summed E-state index contributed by atoms with van der Waals surface area (Å²) in [5, 5.41) is 13.1. The first kappa shape index (κ1) is 9.52. The van der Waals surface area contributed by atoms with Crippen LogP contribution in [0.25, 0.3) is 0 Å². The molecule has 0 unspecified atom stereocenters. The zero-order valence-electron chi connectivity index (χ0n) is 8.22. The quantitative estimate of drug-likeness (QED) is 0.795. The van der Waals surface area contributed by atoms with E-state index in [4.69, 9.17) is 9.84 Å². The van der Waals surface area contributed by atoms with Crippen LogP contribution in [0.3, 0.4) is 0 Å². The summed E-state index contributed by atoms with van der Waals surface area (Å²) in [7, 11) is 0. The molecule has 0 aliphatic carbocycles. The highest BCUT2D eigenvalue weighted by molar-refractivity contribution is 5.08. The second-order valence-corrected chi connectivity index (χ2v) is 3.81. The van der Waals surface area contributed by atoms with Gasteiger partial charge >= 0.3 is 0 Å². The summed E-state index contributed by atoms with van der Waals surface area (Å²) in [5.74, 6) is 1.01. The van der Waals surface area contributed by atoms with Gasteiger partial charge in [-0.25, -0.2) is 0 Å². The van der Waals surface area contributed by atoms with E-state index in [9.17, 15) is 0 Å². The highest BCUT2D eigenvalue weighted by Crippen LogP contribution is 2.19. The minimum atomic E-state index is 0.247. The summed E-state index contributed by atoms with van der Waals surface area (Å²) in [6.07, 6.45) is 6.59. The molecule has 0 bridgehead atoms. The Morgan fingerprint density at radius 2 is 2.29 bits per heavy atom. The molecule has 1 fully saturated rings. The molecule has 0 amide bonds. The third-order valence-corrected chi connectivity index (χ3v) is 2.73. The van der Waals surface area contributed by atoms with Crippen molar-refractivity contribution in [2.45, 2.75) is 25.8 Å². The lowest BCUT2D eigenvalue weighted by Crippen LogP contribution is -2.17. The van der Waals surface area contributed by atoms with Crippen LogP contribution in [-0.4, -0.2) is 28.1 Å². The smallest absolute Gasteiger partial charge is 0.153 e. The maximum absolute atomic E-state index is 9.09. The molecule has 0 atom stereocenters. The predicted octanol–water partition coefficient (Wildman–Crippen LogP) is 1.41. The van der Waals surface area contributed by atoms with Crippen molar-refractivity contribution in [3.8, 4) is 5.75 Å². The Balaban J connectivity index is 1.76. The maximum atomic E-state index is 9.09. The topological polar surface area (TPSA) is 47.3 Å². The Bertz CT molecular complexity index is 279. The van der Waals surface area contributed by atoms with Crippen molar-refractivity contribution in [3.63, 3.8) is 0 Å². The molecule has 78 valence electrons. The van der Waals surface area contributed by atoms with E-state index in [2.05, 4.69) is 5.10 Å². The Hall–Kier alpha value is -1.03. The van der Waals surface area contributed by atoms with Crippen LogP contribution < -0.4 is 0 Å². The summed E-state index contributed by atoms with van der Waals surface area (Å²) in [6.45, 7) is 2.69. The molecule has 1 aliphatic heterocycles. The number of hydrogen-bond donors (Lipinski definition) is 1. The highest BCUT2D eigenvalue weighted by Gasteiger charge is 2.13. The Kier molecular flexibility index (Phi) is 3.03. The van der Waals surface area contributed by atoms with Gasteiger partial charge in [-0.15, -0.1) is 0 Å². The van der Waals surface area contributed by atoms with Crippen LogP contribution in [0.5, 0.6) is 5.75 Å². The molecule has 1 aliphatic rings. The fourth-order valence-electron chi connectivity index (χ4n) is 1.82. The third kappa shape index (κ3) is 2.48. The van der Waals surface area contributed by atoms with E-state index < -0.39 is 0 Å². The number of nitrogens with zero attached hydrogens (tertiary/aromatic N) is 2. The molecule has 2 heterocycles. The third-order valence-electron chi connectivity index (χ3n) is 2.73. The molecule has 0 saturated carbocycles. The van der Waals surface area contributed by atoms with E-state index in [0.29, 0.717) is 0 Å². The van der Waals surface area contributed by atoms with Crippen LogP contribution in [0.15, 0.2) is 12.4 Å². The molecule has 1 saturated heterocycles. The lowest BCUT2D eigenvalue weighted by molar-refractivity contribution is 0.0623. The van der Waals surface area contributed by atoms with Crippen molar-refractivity contribution in [1.29, 1.82) is 0 Å². The number of ether oxygens (including phenoxy) is 1. The van der Waals surface area contributed by atoms with Crippen LogP contribution in [0.1, 0.15) is 19.3 Å². The minimum absolute atomic E-state index is 0.247. The fourth-order valence-corrected chi connectivity index (χ4v) is 1.82. The molecular formula is C10H16N2O2. The number of aromatic nitrogens is 2. The summed E-state index contributed by atoms with van der Waals surface area (Å²) in [5.41, 5.74) is 0. The van der Waals surface area contributed by atoms with E-state index in [-0.39, 0.29) is 5.75 Å². The normalized spacial score (nSPS) is 18.6. The molecule has 0 spiro atoms. The van der Waals surface area contributed by atoms with Gasteiger partial charge in [0, 0.05) is 19.8 Å². The van der Waals surface area contributed by atoms with Crippen LogP contribution in [0.2, 0.25) is 0 Å². The zero-order chi connectivity index (χ0) is 9.80. The first-order valence-electron chi connectivity index (χ1n) is 5.14. The van der Waals surface area contributed by atoms with Gasteiger partial charge in [0.25, 0.3) is 0 Å². The van der Waals surface area contributed by atoms with E-state index in [1.165, 1.54) is 6.20 Å². The zero-order valence-corrected chi connectivity index (χ0v) is 8.22. The molecule has 1 aromatic rings. The maximum Gasteiger partial charge on any atom is 0.153 e. The van der Waals surface area contributed by atoms with Gasteiger partial charge in [-0.1, -0.05) is 0 Å². The molecule has 2 rings (SSSR count). The van der Waals surface area contributed by atoms with E-state index in [0.717, 1.165) is 44.9 Å². The van der Waals surface area contributed by atoms with Gasteiger partial charge < -0.3 is 9.84 Å². The Morgan fingerprint density at radius 1 is 1.50 bits per heavy atom. The van der Waals surface area contributed by atoms with Crippen LogP contribution in [0, 0.1) is 5.92 Å².